The minimum atomic E-state index is -0.619. The van der Waals surface area contributed by atoms with Gasteiger partial charge < -0.3 is 24.6 Å². The summed E-state index contributed by atoms with van der Waals surface area (Å²) in [5.41, 5.74) is 4.11. The number of allylic oxidation sites excluding steroid dienone is 3. The number of carbonyl (C=O) groups excluding carboxylic acids is 2. The molecule has 2 atom stereocenters. The Morgan fingerprint density at radius 2 is 1.86 bits per heavy atom. The van der Waals surface area contributed by atoms with Gasteiger partial charge in [0.2, 0.25) is 0 Å². The third-order valence-electron chi connectivity index (χ3n) is 7.27. The number of hydrogen-bond acceptors (Lipinski definition) is 7. The number of ketones is 1. The predicted molar refractivity (Wildman–Crippen MR) is 134 cm³/mol. The second kappa shape index (κ2) is 10.2. The molecule has 2 N–H and O–H groups in total. The zero-order valence-corrected chi connectivity index (χ0v) is 20.6. The molecule has 1 aliphatic carbocycles. The maximum absolute atomic E-state index is 13.8. The van der Waals surface area contributed by atoms with E-state index < -0.39 is 11.9 Å². The van der Waals surface area contributed by atoms with E-state index in [0.29, 0.717) is 61.3 Å². The fraction of sp³-hybridized carbons (Fsp3) is 0.379. The van der Waals surface area contributed by atoms with E-state index in [0.717, 1.165) is 17.0 Å². The van der Waals surface area contributed by atoms with Crippen LogP contribution in [0.3, 0.4) is 0 Å². The van der Waals surface area contributed by atoms with Gasteiger partial charge in [-0.2, -0.15) is 0 Å². The highest BCUT2D eigenvalue weighted by molar-refractivity contribution is 6.04. The highest BCUT2D eigenvalue weighted by atomic mass is 16.6. The molecule has 5 rings (SSSR count). The van der Waals surface area contributed by atoms with Crippen LogP contribution in [0.2, 0.25) is 0 Å². The van der Waals surface area contributed by atoms with Gasteiger partial charge in [0.05, 0.1) is 25.9 Å². The molecule has 2 aromatic carbocycles. The molecular weight excluding hydrogens is 458 g/mol. The Labute approximate surface area is 210 Å². The van der Waals surface area contributed by atoms with Gasteiger partial charge in [-0.25, -0.2) is 4.79 Å². The molecule has 3 aliphatic rings. The highest BCUT2D eigenvalue weighted by Crippen LogP contribution is 2.47. The zero-order chi connectivity index (χ0) is 25.2. The number of Topliss-reactive ketones (excluding diaryl/α,β-unsaturated/α-hetero) is 1. The zero-order valence-electron chi connectivity index (χ0n) is 20.6. The van der Waals surface area contributed by atoms with Crippen molar-refractivity contribution < 1.29 is 28.9 Å². The van der Waals surface area contributed by atoms with Gasteiger partial charge in [-0.3, -0.25) is 4.79 Å². The van der Waals surface area contributed by atoms with Gasteiger partial charge in [-0.05, 0) is 42.7 Å². The molecule has 0 spiro atoms. The molecule has 0 saturated carbocycles. The Bertz CT molecular complexity index is 1240. The minimum Gasteiger partial charge on any atom is -0.508 e. The third-order valence-corrected chi connectivity index (χ3v) is 7.27. The SMILES string of the molecule is COc1ccccc1[C@@H]1CC(=O)C2=C(C1)NC(C)=C(C(=O)OC1CCOCC1)[C@H]2c1cccc(O)c1. The quantitative estimate of drug-likeness (QED) is 0.598. The van der Waals surface area contributed by atoms with E-state index in [-0.39, 0.29) is 23.6 Å². The van der Waals surface area contributed by atoms with E-state index >= 15 is 0 Å². The van der Waals surface area contributed by atoms with Crippen LogP contribution in [0.5, 0.6) is 11.5 Å². The lowest BCUT2D eigenvalue weighted by Gasteiger charge is -2.37. The average molecular weight is 490 g/mol. The van der Waals surface area contributed by atoms with E-state index in [2.05, 4.69) is 5.32 Å². The van der Waals surface area contributed by atoms with E-state index in [1.165, 1.54) is 0 Å². The van der Waals surface area contributed by atoms with Crippen LogP contribution in [0.25, 0.3) is 0 Å². The van der Waals surface area contributed by atoms with E-state index in [1.54, 1.807) is 25.3 Å². The summed E-state index contributed by atoms with van der Waals surface area (Å²) in [5, 5.41) is 13.6. The van der Waals surface area contributed by atoms with Crippen LogP contribution in [-0.2, 0) is 19.1 Å². The Kier molecular flexibility index (Phi) is 6.83. The normalized spacial score (nSPS) is 22.7. The number of ether oxygens (including phenoxy) is 3. The molecule has 0 aromatic heterocycles. The van der Waals surface area contributed by atoms with Crippen LogP contribution in [0.15, 0.2) is 71.1 Å². The van der Waals surface area contributed by atoms with Crippen molar-refractivity contribution in [2.45, 2.75) is 50.5 Å². The molecule has 2 aromatic rings. The molecule has 1 fully saturated rings. The number of hydrogen-bond donors (Lipinski definition) is 2. The first-order chi connectivity index (χ1) is 17.5. The number of nitrogens with one attached hydrogen (secondary N) is 1. The standard InChI is InChI=1S/C29H31NO6/c1-17-26(29(33)36-21-10-12-35-13-11-21)27(18-6-5-7-20(31)14-18)28-23(30-17)15-19(16-24(28)32)22-8-3-4-9-25(22)34-2/h3-9,14,19,21,27,30-31H,10-13,15-16H2,1-2H3/t19-,27+/m0/s1. The Hall–Kier alpha value is -3.58. The number of aromatic hydroxyl groups is 1. The number of rotatable bonds is 5. The molecule has 1 saturated heterocycles. The van der Waals surface area contributed by atoms with Crippen LogP contribution < -0.4 is 10.1 Å². The molecule has 0 unspecified atom stereocenters. The Balaban J connectivity index is 1.54. The highest BCUT2D eigenvalue weighted by Gasteiger charge is 2.42. The van der Waals surface area contributed by atoms with E-state index in [9.17, 15) is 14.7 Å². The molecule has 0 bridgehead atoms. The van der Waals surface area contributed by atoms with Crippen LogP contribution in [0.1, 0.15) is 55.6 Å². The summed E-state index contributed by atoms with van der Waals surface area (Å²) in [5.74, 6) is -0.297. The van der Waals surface area contributed by atoms with Crippen LogP contribution in [0, 0.1) is 0 Å². The molecular formula is C29H31NO6. The molecule has 0 amide bonds. The first-order valence-electron chi connectivity index (χ1n) is 12.4. The number of carbonyl (C=O) groups is 2. The lowest BCUT2D eigenvalue weighted by Crippen LogP contribution is -2.37. The summed E-state index contributed by atoms with van der Waals surface area (Å²) in [7, 11) is 1.63. The van der Waals surface area contributed by atoms with Crippen molar-refractivity contribution in [3.63, 3.8) is 0 Å². The number of esters is 1. The Morgan fingerprint density at radius 3 is 2.61 bits per heavy atom. The first-order valence-corrected chi connectivity index (χ1v) is 12.4. The van der Waals surface area contributed by atoms with Crippen molar-refractivity contribution in [3.05, 3.63) is 82.2 Å². The molecule has 7 nitrogen and oxygen atoms in total. The van der Waals surface area contributed by atoms with E-state index in [1.807, 2.05) is 37.3 Å². The van der Waals surface area contributed by atoms with Gasteiger partial charge in [0.15, 0.2) is 5.78 Å². The van der Waals surface area contributed by atoms with Crippen molar-refractivity contribution in [2.24, 2.45) is 0 Å². The summed E-state index contributed by atoms with van der Waals surface area (Å²) in [6.07, 6.45) is 1.99. The fourth-order valence-corrected chi connectivity index (χ4v) is 5.58. The van der Waals surface area contributed by atoms with Gasteiger partial charge in [-0.15, -0.1) is 0 Å². The predicted octanol–water partition coefficient (Wildman–Crippen LogP) is 4.48. The summed E-state index contributed by atoms with van der Waals surface area (Å²) in [6, 6.07) is 14.5. The molecule has 2 aliphatic heterocycles. The van der Waals surface area contributed by atoms with Gasteiger partial charge in [-0.1, -0.05) is 30.3 Å². The number of dihydropyridines is 1. The molecule has 36 heavy (non-hydrogen) atoms. The van der Waals surface area contributed by atoms with Crippen LogP contribution in [-0.4, -0.2) is 43.3 Å². The summed E-state index contributed by atoms with van der Waals surface area (Å²) in [6.45, 7) is 2.96. The molecule has 7 heteroatoms. The monoisotopic (exact) mass is 489 g/mol. The summed E-state index contributed by atoms with van der Waals surface area (Å²) >= 11 is 0. The van der Waals surface area contributed by atoms with Gasteiger partial charge in [0, 0.05) is 48.1 Å². The smallest absolute Gasteiger partial charge is 0.337 e. The minimum absolute atomic E-state index is 0.0307. The maximum Gasteiger partial charge on any atom is 0.337 e. The molecule has 2 heterocycles. The van der Waals surface area contributed by atoms with Crippen LogP contribution >= 0.6 is 0 Å². The molecule has 0 radical (unpaired) electrons. The average Bonchev–Trinajstić information content (AvgIpc) is 2.88. The number of para-hydroxylation sites is 1. The number of benzene rings is 2. The number of methoxy groups -OCH3 is 1. The fourth-order valence-electron chi connectivity index (χ4n) is 5.58. The van der Waals surface area contributed by atoms with Crippen molar-refractivity contribution in [3.8, 4) is 11.5 Å². The second-order valence-electron chi connectivity index (χ2n) is 9.57. The lowest BCUT2D eigenvalue weighted by molar-refractivity contribution is -0.148. The molecule has 188 valence electrons. The van der Waals surface area contributed by atoms with Crippen molar-refractivity contribution in [1.82, 2.24) is 5.32 Å². The second-order valence-corrected chi connectivity index (χ2v) is 9.57. The largest absolute Gasteiger partial charge is 0.508 e. The first kappa shape index (κ1) is 24.1. The van der Waals surface area contributed by atoms with Gasteiger partial charge >= 0.3 is 5.97 Å². The van der Waals surface area contributed by atoms with Gasteiger partial charge in [0.1, 0.15) is 17.6 Å². The van der Waals surface area contributed by atoms with Crippen molar-refractivity contribution >= 4 is 11.8 Å². The third kappa shape index (κ3) is 4.63. The van der Waals surface area contributed by atoms with E-state index in [4.69, 9.17) is 14.2 Å². The summed E-state index contributed by atoms with van der Waals surface area (Å²) in [4.78, 5) is 27.3. The topological polar surface area (TPSA) is 94.1 Å². The summed E-state index contributed by atoms with van der Waals surface area (Å²) < 4.78 is 16.8. The number of phenolic OH excluding ortho intramolecular Hbond substituents is 1. The van der Waals surface area contributed by atoms with Crippen molar-refractivity contribution in [1.29, 1.82) is 0 Å². The van der Waals surface area contributed by atoms with Gasteiger partial charge in [0.25, 0.3) is 0 Å². The van der Waals surface area contributed by atoms with Crippen LogP contribution in [0.4, 0.5) is 0 Å². The van der Waals surface area contributed by atoms with Crippen molar-refractivity contribution in [2.75, 3.05) is 20.3 Å². The lowest BCUT2D eigenvalue weighted by atomic mass is 9.71. The maximum atomic E-state index is 13.8. The number of phenols is 1. The Morgan fingerprint density at radius 1 is 1.08 bits per heavy atom.